The molecule has 32 heavy (non-hydrogen) atoms. The summed E-state index contributed by atoms with van der Waals surface area (Å²) in [5.41, 5.74) is 5.42. The number of hydrogen-bond donors (Lipinski definition) is 5. The third kappa shape index (κ3) is 8.10. The fourth-order valence-electron chi connectivity index (χ4n) is 3.62. The van der Waals surface area contributed by atoms with Gasteiger partial charge in [-0.05, 0) is 31.1 Å². The Morgan fingerprint density at radius 3 is 2.31 bits per heavy atom. The molecular formula is C21H37N5O6. The second kappa shape index (κ2) is 13.0. The van der Waals surface area contributed by atoms with Crippen LogP contribution in [0.2, 0.25) is 0 Å². The minimum absolute atomic E-state index is 0.0760. The number of carbonyl (C=O) groups is 5. The molecule has 11 heteroatoms. The maximum Gasteiger partial charge on any atom is 0.326 e. The second-order valence-electron chi connectivity index (χ2n) is 8.63. The van der Waals surface area contributed by atoms with Gasteiger partial charge in [0.05, 0.1) is 13.1 Å². The van der Waals surface area contributed by atoms with Gasteiger partial charge in [-0.15, -0.1) is 0 Å². The number of aliphatic carboxylic acids is 1. The summed E-state index contributed by atoms with van der Waals surface area (Å²) in [7, 11) is 0. The number of nitrogens with two attached hydrogens (primary N) is 1. The smallest absolute Gasteiger partial charge is 0.326 e. The maximum atomic E-state index is 12.8. The molecule has 1 aliphatic rings. The van der Waals surface area contributed by atoms with E-state index in [1.54, 1.807) is 6.92 Å². The van der Waals surface area contributed by atoms with Gasteiger partial charge in [0.25, 0.3) is 0 Å². The first-order chi connectivity index (χ1) is 15.0. The van der Waals surface area contributed by atoms with Gasteiger partial charge in [0.2, 0.25) is 23.6 Å². The van der Waals surface area contributed by atoms with Crippen LogP contribution in [-0.2, 0) is 24.0 Å². The Morgan fingerprint density at radius 1 is 1.12 bits per heavy atom. The van der Waals surface area contributed by atoms with Crippen LogP contribution in [0.25, 0.3) is 0 Å². The number of nitrogens with zero attached hydrogens (tertiary/aromatic N) is 1. The monoisotopic (exact) mass is 455 g/mol. The predicted octanol–water partition coefficient (Wildman–Crippen LogP) is -0.801. The summed E-state index contributed by atoms with van der Waals surface area (Å²) in [6.45, 7) is 7.16. The van der Waals surface area contributed by atoms with Crippen molar-refractivity contribution in [3.05, 3.63) is 0 Å². The highest BCUT2D eigenvalue weighted by Crippen LogP contribution is 2.18. The Labute approximate surface area is 188 Å². The standard InChI is InChI=1S/C21H37N5O6/c1-5-13(4)18(21(31)32)25-16(27)11-23-19(29)14(9-12(2)3)24-20(30)15-7-6-8-26(15)17(28)10-22/h12-15,18H,5-11,22H2,1-4H3,(H,23,29)(H,24,30)(H,25,27)(H,31,32)/t13-,14-,15-,18-/m0/s1. The van der Waals surface area contributed by atoms with Gasteiger partial charge in [-0.1, -0.05) is 34.1 Å². The lowest BCUT2D eigenvalue weighted by atomic mass is 9.99. The highest BCUT2D eigenvalue weighted by Gasteiger charge is 2.35. The topological polar surface area (TPSA) is 171 Å². The zero-order chi connectivity index (χ0) is 24.4. The van der Waals surface area contributed by atoms with E-state index in [1.165, 1.54) is 4.90 Å². The molecular weight excluding hydrogens is 418 g/mol. The quantitative estimate of drug-likeness (QED) is 0.256. The zero-order valence-electron chi connectivity index (χ0n) is 19.3. The lowest BCUT2D eigenvalue weighted by molar-refractivity contribution is -0.143. The van der Waals surface area contributed by atoms with Crippen LogP contribution in [0.1, 0.15) is 53.4 Å². The molecule has 0 aliphatic carbocycles. The van der Waals surface area contributed by atoms with Crippen molar-refractivity contribution in [3.8, 4) is 0 Å². The molecule has 1 aliphatic heterocycles. The molecule has 182 valence electrons. The Kier molecular flexibility index (Phi) is 11.1. The van der Waals surface area contributed by atoms with Gasteiger partial charge in [0.15, 0.2) is 0 Å². The van der Waals surface area contributed by atoms with Crippen LogP contribution in [0.5, 0.6) is 0 Å². The lowest BCUT2D eigenvalue weighted by Crippen LogP contribution is -2.55. The van der Waals surface area contributed by atoms with Crippen molar-refractivity contribution in [1.29, 1.82) is 0 Å². The molecule has 0 radical (unpaired) electrons. The van der Waals surface area contributed by atoms with E-state index in [-0.39, 0.29) is 24.3 Å². The normalized spacial score (nSPS) is 18.6. The highest BCUT2D eigenvalue weighted by atomic mass is 16.4. The number of carboxylic acids is 1. The van der Waals surface area contributed by atoms with Gasteiger partial charge in [0.1, 0.15) is 18.1 Å². The van der Waals surface area contributed by atoms with Gasteiger partial charge in [0, 0.05) is 6.54 Å². The second-order valence-corrected chi connectivity index (χ2v) is 8.63. The summed E-state index contributed by atoms with van der Waals surface area (Å²) in [6, 6.07) is -2.62. The molecule has 6 N–H and O–H groups in total. The molecule has 0 aromatic carbocycles. The van der Waals surface area contributed by atoms with Crippen molar-refractivity contribution < 1.29 is 29.1 Å². The van der Waals surface area contributed by atoms with E-state index < -0.39 is 48.4 Å². The van der Waals surface area contributed by atoms with Gasteiger partial charge in [-0.25, -0.2) is 4.79 Å². The minimum Gasteiger partial charge on any atom is -0.480 e. The summed E-state index contributed by atoms with van der Waals surface area (Å²) >= 11 is 0. The van der Waals surface area contributed by atoms with Crippen molar-refractivity contribution in [2.24, 2.45) is 17.6 Å². The average molecular weight is 456 g/mol. The Balaban J connectivity index is 2.73. The minimum atomic E-state index is -1.14. The fourth-order valence-corrected chi connectivity index (χ4v) is 3.62. The molecule has 1 fully saturated rings. The fraction of sp³-hybridized carbons (Fsp3) is 0.762. The van der Waals surface area contributed by atoms with E-state index in [0.717, 1.165) is 0 Å². The van der Waals surface area contributed by atoms with E-state index in [0.29, 0.717) is 32.2 Å². The Bertz CT molecular complexity index is 698. The Morgan fingerprint density at radius 2 is 1.78 bits per heavy atom. The van der Waals surface area contributed by atoms with Crippen LogP contribution in [0.4, 0.5) is 0 Å². The van der Waals surface area contributed by atoms with Gasteiger partial charge >= 0.3 is 5.97 Å². The number of carbonyl (C=O) groups excluding carboxylic acids is 4. The first-order valence-corrected chi connectivity index (χ1v) is 11.1. The summed E-state index contributed by atoms with van der Waals surface area (Å²) in [6.07, 6.45) is 2.06. The van der Waals surface area contributed by atoms with Crippen LogP contribution in [0.3, 0.4) is 0 Å². The molecule has 0 spiro atoms. The van der Waals surface area contributed by atoms with Crippen molar-refractivity contribution in [2.45, 2.75) is 71.5 Å². The molecule has 4 atom stereocenters. The van der Waals surface area contributed by atoms with Gasteiger partial charge in [-0.2, -0.15) is 0 Å². The van der Waals surface area contributed by atoms with E-state index in [9.17, 15) is 29.1 Å². The summed E-state index contributed by atoms with van der Waals surface area (Å²) < 4.78 is 0. The molecule has 0 unspecified atom stereocenters. The third-order valence-electron chi connectivity index (χ3n) is 5.61. The third-order valence-corrected chi connectivity index (χ3v) is 5.61. The zero-order valence-corrected chi connectivity index (χ0v) is 19.3. The largest absolute Gasteiger partial charge is 0.480 e. The predicted molar refractivity (Wildman–Crippen MR) is 117 cm³/mol. The molecule has 4 amide bonds. The molecule has 0 saturated carbocycles. The molecule has 1 saturated heterocycles. The summed E-state index contributed by atoms with van der Waals surface area (Å²) in [5.74, 6) is -3.27. The van der Waals surface area contributed by atoms with Crippen LogP contribution in [0, 0.1) is 11.8 Å². The van der Waals surface area contributed by atoms with Crippen LogP contribution >= 0.6 is 0 Å². The van der Waals surface area contributed by atoms with Crippen molar-refractivity contribution in [1.82, 2.24) is 20.9 Å². The first-order valence-electron chi connectivity index (χ1n) is 11.1. The van der Waals surface area contributed by atoms with Crippen molar-refractivity contribution in [3.63, 3.8) is 0 Å². The van der Waals surface area contributed by atoms with Gasteiger partial charge in [-0.3, -0.25) is 19.2 Å². The van der Waals surface area contributed by atoms with E-state index in [4.69, 9.17) is 5.73 Å². The van der Waals surface area contributed by atoms with Crippen molar-refractivity contribution in [2.75, 3.05) is 19.6 Å². The van der Waals surface area contributed by atoms with Crippen molar-refractivity contribution >= 4 is 29.6 Å². The van der Waals surface area contributed by atoms with Crippen LogP contribution < -0.4 is 21.7 Å². The Hall–Kier alpha value is -2.69. The highest BCUT2D eigenvalue weighted by molar-refractivity contribution is 5.94. The number of carboxylic acid groups (broad SMARTS) is 1. The SMILES string of the molecule is CC[C@H](C)[C@H](NC(=O)CNC(=O)[C@H](CC(C)C)NC(=O)[C@@H]1CCCN1C(=O)CN)C(=O)O. The maximum absolute atomic E-state index is 12.8. The molecule has 1 heterocycles. The molecule has 1 rings (SSSR count). The van der Waals surface area contributed by atoms with Crippen LogP contribution in [-0.4, -0.2) is 77.4 Å². The summed E-state index contributed by atoms with van der Waals surface area (Å²) in [4.78, 5) is 62.4. The van der Waals surface area contributed by atoms with E-state index in [1.807, 2.05) is 20.8 Å². The van der Waals surface area contributed by atoms with E-state index in [2.05, 4.69) is 16.0 Å². The average Bonchev–Trinajstić information content (AvgIpc) is 3.23. The molecule has 0 aromatic rings. The van der Waals surface area contributed by atoms with E-state index >= 15 is 0 Å². The number of amides is 4. The molecule has 11 nitrogen and oxygen atoms in total. The summed E-state index contributed by atoms with van der Waals surface area (Å²) in [5, 5.41) is 16.9. The molecule has 0 aromatic heterocycles. The number of rotatable bonds is 12. The number of hydrogen-bond acceptors (Lipinski definition) is 6. The van der Waals surface area contributed by atoms with Crippen LogP contribution in [0.15, 0.2) is 0 Å². The van der Waals surface area contributed by atoms with Gasteiger partial charge < -0.3 is 31.7 Å². The number of likely N-dealkylation sites (tertiary alicyclic amines) is 1. The first kappa shape index (κ1) is 27.3. The number of nitrogens with one attached hydrogen (secondary N) is 3. The molecule has 0 bridgehead atoms. The lowest BCUT2D eigenvalue weighted by Gasteiger charge is -2.26.